The number of amides is 1. The fourth-order valence-electron chi connectivity index (χ4n) is 2.01. The second kappa shape index (κ2) is 4.73. The summed E-state index contributed by atoms with van der Waals surface area (Å²) in [6.45, 7) is 6.31. The van der Waals surface area contributed by atoms with E-state index in [0.29, 0.717) is 5.69 Å². The number of benzene rings is 1. The molecule has 6 nitrogen and oxygen atoms in total. The van der Waals surface area contributed by atoms with E-state index < -0.39 is 0 Å². The highest BCUT2D eigenvalue weighted by Gasteiger charge is 2.18. The first kappa shape index (κ1) is 13.4. The molecule has 0 spiro atoms. The summed E-state index contributed by atoms with van der Waals surface area (Å²) in [5, 5.41) is 2.82. The maximum absolute atomic E-state index is 12.0. The summed E-state index contributed by atoms with van der Waals surface area (Å²) in [5.74, 6) is 0.926. The lowest BCUT2D eigenvalue weighted by atomic mass is 9.96. The number of hydrogen-bond donors (Lipinski definition) is 2. The largest absolute Gasteiger partial charge is 0.341 e. The van der Waals surface area contributed by atoms with Gasteiger partial charge in [0, 0.05) is 23.5 Å². The van der Waals surface area contributed by atoms with Crippen molar-refractivity contribution in [1.82, 2.24) is 19.5 Å². The van der Waals surface area contributed by atoms with Crippen LogP contribution in [0.2, 0.25) is 0 Å². The Morgan fingerprint density at radius 3 is 2.81 bits per heavy atom. The Bertz CT molecular complexity index is 780. The van der Waals surface area contributed by atoms with E-state index in [-0.39, 0.29) is 11.4 Å². The summed E-state index contributed by atoms with van der Waals surface area (Å²) in [6, 6.07) is 5.36. The number of rotatable bonds is 1. The van der Waals surface area contributed by atoms with Crippen LogP contribution in [0.15, 0.2) is 36.9 Å². The highest BCUT2D eigenvalue weighted by molar-refractivity contribution is 5.93. The normalized spacial score (nSPS) is 11.8. The SMILES string of the molecule is CC(C)(C)c1nc2ccc(NC(=O)n3ccnc3)cc2[nH]1. The molecule has 0 aliphatic rings. The molecule has 0 atom stereocenters. The Labute approximate surface area is 122 Å². The van der Waals surface area contributed by atoms with Crippen molar-refractivity contribution < 1.29 is 4.79 Å². The van der Waals surface area contributed by atoms with Gasteiger partial charge in [0.15, 0.2) is 0 Å². The Hall–Kier alpha value is -2.63. The van der Waals surface area contributed by atoms with Gasteiger partial charge in [0.05, 0.1) is 11.0 Å². The first-order valence-electron chi connectivity index (χ1n) is 6.73. The number of nitrogens with zero attached hydrogens (tertiary/aromatic N) is 3. The Morgan fingerprint density at radius 2 is 2.14 bits per heavy atom. The van der Waals surface area contributed by atoms with Gasteiger partial charge in [-0.1, -0.05) is 20.8 Å². The molecule has 2 N–H and O–H groups in total. The number of imidazole rings is 2. The van der Waals surface area contributed by atoms with Gasteiger partial charge < -0.3 is 10.3 Å². The number of carbonyl (C=O) groups excluding carboxylic acids is 1. The number of carbonyl (C=O) groups is 1. The van der Waals surface area contributed by atoms with Crippen LogP contribution in [0.5, 0.6) is 0 Å². The zero-order chi connectivity index (χ0) is 15.0. The summed E-state index contributed by atoms with van der Waals surface area (Å²) >= 11 is 0. The second-order valence-electron chi connectivity index (χ2n) is 5.97. The number of H-pyrrole nitrogens is 1. The predicted octanol–water partition coefficient (Wildman–Crippen LogP) is 3.14. The molecule has 0 radical (unpaired) electrons. The van der Waals surface area contributed by atoms with Crippen LogP contribution in [0.1, 0.15) is 26.6 Å². The van der Waals surface area contributed by atoms with Crippen LogP contribution in [0.4, 0.5) is 10.5 Å². The molecule has 6 heteroatoms. The van der Waals surface area contributed by atoms with Crippen molar-refractivity contribution >= 4 is 22.8 Å². The summed E-state index contributed by atoms with van der Waals surface area (Å²) in [4.78, 5) is 23.7. The van der Waals surface area contributed by atoms with Gasteiger partial charge in [-0.05, 0) is 18.2 Å². The Morgan fingerprint density at radius 1 is 1.33 bits per heavy atom. The molecule has 0 unspecified atom stereocenters. The number of nitrogens with one attached hydrogen (secondary N) is 2. The van der Waals surface area contributed by atoms with Gasteiger partial charge in [-0.15, -0.1) is 0 Å². The maximum Gasteiger partial charge on any atom is 0.331 e. The monoisotopic (exact) mass is 283 g/mol. The summed E-state index contributed by atoms with van der Waals surface area (Å²) in [6.07, 6.45) is 4.62. The van der Waals surface area contributed by atoms with Crippen LogP contribution in [0.25, 0.3) is 11.0 Å². The molecular weight excluding hydrogens is 266 g/mol. The quantitative estimate of drug-likeness (QED) is 0.720. The molecule has 0 aliphatic heterocycles. The molecule has 1 amide bonds. The predicted molar refractivity (Wildman–Crippen MR) is 81.4 cm³/mol. The molecule has 108 valence electrons. The topological polar surface area (TPSA) is 75.6 Å². The fraction of sp³-hybridized carbons (Fsp3) is 0.267. The molecule has 3 aromatic rings. The van der Waals surface area contributed by atoms with Gasteiger partial charge >= 0.3 is 6.03 Å². The minimum absolute atomic E-state index is 0.0424. The van der Waals surface area contributed by atoms with E-state index in [1.54, 1.807) is 12.4 Å². The van der Waals surface area contributed by atoms with Gasteiger partial charge in [-0.3, -0.25) is 4.57 Å². The molecular formula is C15H17N5O. The highest BCUT2D eigenvalue weighted by Crippen LogP contribution is 2.24. The summed E-state index contributed by atoms with van der Waals surface area (Å²) in [7, 11) is 0. The van der Waals surface area contributed by atoms with Gasteiger partial charge in [-0.2, -0.15) is 0 Å². The standard InChI is InChI=1S/C15H17N5O/c1-15(2,3)13-18-11-5-4-10(8-12(11)19-13)17-14(21)20-7-6-16-9-20/h4-9H,1-3H3,(H,17,21)(H,18,19). The molecule has 21 heavy (non-hydrogen) atoms. The lowest BCUT2D eigenvalue weighted by molar-refractivity contribution is 0.253. The van der Waals surface area contributed by atoms with E-state index in [1.165, 1.54) is 10.9 Å². The number of fused-ring (bicyclic) bond motifs is 1. The number of aromatic nitrogens is 4. The lowest BCUT2D eigenvalue weighted by Crippen LogP contribution is -2.17. The van der Waals surface area contributed by atoms with Crippen LogP contribution >= 0.6 is 0 Å². The van der Waals surface area contributed by atoms with Crippen molar-refractivity contribution in [3.05, 3.63) is 42.7 Å². The molecule has 0 saturated carbocycles. The smallest absolute Gasteiger partial charge is 0.331 e. The minimum atomic E-state index is -0.248. The third kappa shape index (κ3) is 2.65. The molecule has 3 rings (SSSR count). The van der Waals surface area contributed by atoms with Crippen LogP contribution < -0.4 is 5.32 Å². The average molecular weight is 283 g/mol. The van der Waals surface area contributed by atoms with Crippen molar-refractivity contribution in [2.75, 3.05) is 5.32 Å². The maximum atomic E-state index is 12.0. The van der Waals surface area contributed by atoms with Crippen molar-refractivity contribution in [3.63, 3.8) is 0 Å². The van der Waals surface area contributed by atoms with Crippen LogP contribution in [-0.2, 0) is 5.41 Å². The van der Waals surface area contributed by atoms with Crippen molar-refractivity contribution in [2.45, 2.75) is 26.2 Å². The summed E-state index contributed by atoms with van der Waals surface area (Å²) in [5.41, 5.74) is 2.47. The van der Waals surface area contributed by atoms with Gasteiger partial charge in [-0.25, -0.2) is 14.8 Å². The second-order valence-corrected chi connectivity index (χ2v) is 5.97. The first-order chi connectivity index (χ1) is 9.93. The minimum Gasteiger partial charge on any atom is -0.341 e. The first-order valence-corrected chi connectivity index (χ1v) is 6.73. The van der Waals surface area contributed by atoms with Gasteiger partial charge in [0.25, 0.3) is 0 Å². The van der Waals surface area contributed by atoms with E-state index in [2.05, 4.69) is 41.0 Å². The lowest BCUT2D eigenvalue weighted by Gasteiger charge is -2.13. The fourth-order valence-corrected chi connectivity index (χ4v) is 2.01. The molecule has 0 fully saturated rings. The molecule has 2 aromatic heterocycles. The molecule has 1 aromatic carbocycles. The molecule has 0 saturated heterocycles. The number of aromatic amines is 1. The zero-order valence-corrected chi connectivity index (χ0v) is 12.2. The van der Waals surface area contributed by atoms with Gasteiger partial charge in [0.2, 0.25) is 0 Å². The van der Waals surface area contributed by atoms with E-state index in [9.17, 15) is 4.79 Å². The van der Waals surface area contributed by atoms with Crippen molar-refractivity contribution in [3.8, 4) is 0 Å². The number of hydrogen-bond acceptors (Lipinski definition) is 3. The van der Waals surface area contributed by atoms with Crippen LogP contribution in [0.3, 0.4) is 0 Å². The van der Waals surface area contributed by atoms with Crippen molar-refractivity contribution in [2.24, 2.45) is 0 Å². The average Bonchev–Trinajstić information content (AvgIpc) is 3.06. The van der Waals surface area contributed by atoms with E-state index >= 15 is 0 Å². The third-order valence-corrected chi connectivity index (χ3v) is 3.18. The Kier molecular flexibility index (Phi) is 3.01. The molecule has 2 heterocycles. The van der Waals surface area contributed by atoms with E-state index in [1.807, 2.05) is 18.2 Å². The highest BCUT2D eigenvalue weighted by atomic mass is 16.2. The van der Waals surface area contributed by atoms with Crippen LogP contribution in [0, 0.1) is 0 Å². The van der Waals surface area contributed by atoms with Crippen molar-refractivity contribution in [1.29, 1.82) is 0 Å². The molecule has 0 bridgehead atoms. The third-order valence-electron chi connectivity index (χ3n) is 3.18. The van der Waals surface area contributed by atoms with E-state index in [0.717, 1.165) is 16.9 Å². The summed E-state index contributed by atoms with van der Waals surface area (Å²) < 4.78 is 1.39. The van der Waals surface area contributed by atoms with E-state index in [4.69, 9.17) is 0 Å². The number of anilines is 1. The zero-order valence-electron chi connectivity index (χ0n) is 12.2. The Balaban J connectivity index is 1.89. The van der Waals surface area contributed by atoms with Crippen LogP contribution in [-0.4, -0.2) is 25.6 Å². The molecule has 0 aliphatic carbocycles. The van der Waals surface area contributed by atoms with Gasteiger partial charge in [0.1, 0.15) is 12.2 Å².